The van der Waals surface area contributed by atoms with Crippen molar-refractivity contribution in [1.29, 1.82) is 0 Å². The summed E-state index contributed by atoms with van der Waals surface area (Å²) in [5.41, 5.74) is 1.84. The number of hydrogen-bond acceptors (Lipinski definition) is 3. The molecule has 0 spiro atoms. The summed E-state index contributed by atoms with van der Waals surface area (Å²) in [6.45, 7) is 5.57. The number of piperidine rings is 1. The van der Waals surface area contributed by atoms with Gasteiger partial charge in [-0.1, -0.05) is 11.6 Å². The molecule has 0 amide bonds. The van der Waals surface area contributed by atoms with Crippen molar-refractivity contribution in [2.24, 2.45) is 13.0 Å². The van der Waals surface area contributed by atoms with Gasteiger partial charge >= 0.3 is 0 Å². The van der Waals surface area contributed by atoms with Crippen molar-refractivity contribution in [2.45, 2.75) is 32.8 Å². The standard InChI is InChI=1S/C13H22ClN3O/c1-10-13(14)12(17(2)16-10)9-18-7-5-11-4-3-6-15-8-11/h11,15H,3-9H2,1-2H3. The zero-order chi connectivity index (χ0) is 13.0. The van der Waals surface area contributed by atoms with Crippen LogP contribution in [-0.4, -0.2) is 29.5 Å². The van der Waals surface area contributed by atoms with E-state index in [2.05, 4.69) is 10.4 Å². The van der Waals surface area contributed by atoms with Crippen LogP contribution in [-0.2, 0) is 18.4 Å². The zero-order valence-corrected chi connectivity index (χ0v) is 12.0. The molecule has 1 atom stereocenters. The molecule has 0 bridgehead atoms. The van der Waals surface area contributed by atoms with Crippen LogP contribution in [0.25, 0.3) is 0 Å². The molecule has 0 aliphatic carbocycles. The van der Waals surface area contributed by atoms with Gasteiger partial charge in [0.05, 0.1) is 23.0 Å². The van der Waals surface area contributed by atoms with Gasteiger partial charge in [-0.15, -0.1) is 0 Å². The highest BCUT2D eigenvalue weighted by molar-refractivity contribution is 6.31. The summed E-state index contributed by atoms with van der Waals surface area (Å²) in [5, 5.41) is 8.43. The molecule has 0 radical (unpaired) electrons. The summed E-state index contributed by atoms with van der Waals surface area (Å²) in [6.07, 6.45) is 3.74. The van der Waals surface area contributed by atoms with Crippen LogP contribution in [0.4, 0.5) is 0 Å². The minimum absolute atomic E-state index is 0.552. The normalized spacial score (nSPS) is 20.3. The SMILES string of the molecule is Cc1nn(C)c(COCCC2CCCNC2)c1Cl. The Morgan fingerprint density at radius 2 is 2.39 bits per heavy atom. The fraction of sp³-hybridized carbons (Fsp3) is 0.769. The van der Waals surface area contributed by atoms with Crippen molar-refractivity contribution >= 4 is 11.6 Å². The first-order valence-corrected chi connectivity index (χ1v) is 7.02. The van der Waals surface area contributed by atoms with E-state index in [4.69, 9.17) is 16.3 Å². The van der Waals surface area contributed by atoms with Gasteiger partial charge < -0.3 is 10.1 Å². The Hall–Kier alpha value is -0.580. The van der Waals surface area contributed by atoms with Crippen molar-refractivity contribution in [3.05, 3.63) is 16.4 Å². The van der Waals surface area contributed by atoms with Crippen LogP contribution < -0.4 is 5.32 Å². The van der Waals surface area contributed by atoms with E-state index in [1.807, 2.05) is 14.0 Å². The second-order valence-corrected chi connectivity index (χ2v) is 5.40. The van der Waals surface area contributed by atoms with Crippen molar-refractivity contribution in [1.82, 2.24) is 15.1 Å². The van der Waals surface area contributed by atoms with E-state index in [1.54, 1.807) is 4.68 Å². The summed E-state index contributed by atoms with van der Waals surface area (Å²) in [6, 6.07) is 0. The van der Waals surface area contributed by atoms with Crippen LogP contribution in [0, 0.1) is 12.8 Å². The first-order valence-electron chi connectivity index (χ1n) is 6.65. The molecular formula is C13H22ClN3O. The van der Waals surface area contributed by atoms with Gasteiger partial charge in [-0.2, -0.15) is 5.10 Å². The second-order valence-electron chi connectivity index (χ2n) is 5.02. The molecule has 5 heteroatoms. The molecule has 1 aromatic rings. The smallest absolute Gasteiger partial charge is 0.0899 e. The van der Waals surface area contributed by atoms with E-state index in [1.165, 1.54) is 19.4 Å². The third-order valence-corrected chi connectivity index (χ3v) is 4.06. The fourth-order valence-electron chi connectivity index (χ4n) is 2.43. The lowest BCUT2D eigenvalue weighted by molar-refractivity contribution is 0.0990. The Labute approximate surface area is 114 Å². The molecule has 1 aliphatic rings. The lowest BCUT2D eigenvalue weighted by Crippen LogP contribution is -2.30. The number of aromatic nitrogens is 2. The van der Waals surface area contributed by atoms with Gasteiger partial charge in [0, 0.05) is 13.7 Å². The Kier molecular flexibility index (Phi) is 5.03. The average molecular weight is 272 g/mol. The van der Waals surface area contributed by atoms with Gasteiger partial charge in [-0.05, 0) is 45.2 Å². The zero-order valence-electron chi connectivity index (χ0n) is 11.2. The molecule has 2 rings (SSSR count). The largest absolute Gasteiger partial charge is 0.375 e. The highest BCUT2D eigenvalue weighted by atomic mass is 35.5. The van der Waals surface area contributed by atoms with E-state index in [0.717, 1.165) is 41.9 Å². The number of ether oxygens (including phenoxy) is 1. The molecule has 4 nitrogen and oxygen atoms in total. The van der Waals surface area contributed by atoms with E-state index < -0.39 is 0 Å². The quantitative estimate of drug-likeness (QED) is 0.835. The molecule has 1 N–H and O–H groups in total. The lowest BCUT2D eigenvalue weighted by Gasteiger charge is -2.22. The maximum atomic E-state index is 6.17. The van der Waals surface area contributed by atoms with E-state index >= 15 is 0 Å². The first kappa shape index (κ1) is 13.8. The number of halogens is 1. The third-order valence-electron chi connectivity index (χ3n) is 3.57. The molecule has 102 valence electrons. The Balaban J connectivity index is 1.71. The van der Waals surface area contributed by atoms with Crippen molar-refractivity contribution < 1.29 is 4.74 Å². The summed E-state index contributed by atoms with van der Waals surface area (Å²) >= 11 is 6.17. The number of nitrogens with one attached hydrogen (secondary N) is 1. The molecule has 1 saturated heterocycles. The fourth-order valence-corrected chi connectivity index (χ4v) is 2.64. The topological polar surface area (TPSA) is 39.1 Å². The minimum Gasteiger partial charge on any atom is -0.375 e. The highest BCUT2D eigenvalue weighted by Crippen LogP contribution is 2.20. The van der Waals surface area contributed by atoms with Crippen LogP contribution in [0.5, 0.6) is 0 Å². The molecule has 1 unspecified atom stereocenters. The predicted molar refractivity (Wildman–Crippen MR) is 72.8 cm³/mol. The maximum Gasteiger partial charge on any atom is 0.0899 e. The predicted octanol–water partition coefficient (Wildman–Crippen LogP) is 2.29. The number of hydrogen-bond donors (Lipinski definition) is 1. The number of nitrogens with zero attached hydrogens (tertiary/aromatic N) is 2. The molecule has 1 aromatic heterocycles. The minimum atomic E-state index is 0.552. The average Bonchev–Trinajstić information content (AvgIpc) is 2.61. The summed E-state index contributed by atoms with van der Waals surface area (Å²) in [4.78, 5) is 0. The van der Waals surface area contributed by atoms with Gasteiger partial charge in [0.1, 0.15) is 0 Å². The van der Waals surface area contributed by atoms with Crippen LogP contribution >= 0.6 is 11.6 Å². The van der Waals surface area contributed by atoms with Crippen molar-refractivity contribution in [2.75, 3.05) is 19.7 Å². The van der Waals surface area contributed by atoms with Gasteiger partial charge in [0.2, 0.25) is 0 Å². The van der Waals surface area contributed by atoms with Gasteiger partial charge in [-0.25, -0.2) is 0 Å². The Morgan fingerprint density at radius 1 is 1.56 bits per heavy atom. The van der Waals surface area contributed by atoms with Gasteiger partial charge in [-0.3, -0.25) is 4.68 Å². The van der Waals surface area contributed by atoms with E-state index in [0.29, 0.717) is 6.61 Å². The van der Waals surface area contributed by atoms with Crippen molar-refractivity contribution in [3.63, 3.8) is 0 Å². The first-order chi connectivity index (χ1) is 8.68. The monoisotopic (exact) mass is 271 g/mol. The summed E-state index contributed by atoms with van der Waals surface area (Å²) in [5.74, 6) is 0.766. The molecule has 0 saturated carbocycles. The Bertz CT molecular complexity index is 386. The van der Waals surface area contributed by atoms with Crippen LogP contribution in [0.15, 0.2) is 0 Å². The molecule has 2 heterocycles. The third kappa shape index (κ3) is 3.46. The van der Waals surface area contributed by atoms with Crippen LogP contribution in [0.2, 0.25) is 5.02 Å². The molecule has 18 heavy (non-hydrogen) atoms. The summed E-state index contributed by atoms with van der Waals surface area (Å²) in [7, 11) is 1.91. The second kappa shape index (κ2) is 6.55. The highest BCUT2D eigenvalue weighted by Gasteiger charge is 2.14. The molecule has 1 fully saturated rings. The van der Waals surface area contributed by atoms with Gasteiger partial charge in [0.15, 0.2) is 0 Å². The number of rotatable bonds is 5. The maximum absolute atomic E-state index is 6.17. The molecular weight excluding hydrogens is 250 g/mol. The van der Waals surface area contributed by atoms with Crippen molar-refractivity contribution in [3.8, 4) is 0 Å². The van der Waals surface area contributed by atoms with Crippen LogP contribution in [0.1, 0.15) is 30.7 Å². The number of aryl methyl sites for hydroxylation is 2. The lowest BCUT2D eigenvalue weighted by atomic mass is 9.97. The Morgan fingerprint density at radius 3 is 3.00 bits per heavy atom. The van der Waals surface area contributed by atoms with Gasteiger partial charge in [0.25, 0.3) is 0 Å². The molecule has 0 aromatic carbocycles. The van der Waals surface area contributed by atoms with E-state index in [9.17, 15) is 0 Å². The summed E-state index contributed by atoms with van der Waals surface area (Å²) < 4.78 is 7.53. The molecule has 1 aliphatic heterocycles. The van der Waals surface area contributed by atoms with E-state index in [-0.39, 0.29) is 0 Å². The van der Waals surface area contributed by atoms with Crippen LogP contribution in [0.3, 0.4) is 0 Å².